The number of hydrogen-bond acceptors (Lipinski definition) is 3. The van der Waals surface area contributed by atoms with Gasteiger partial charge in [-0.15, -0.1) is 0 Å². The molecule has 0 aromatic rings. The predicted octanol–water partition coefficient (Wildman–Crippen LogP) is 1.15. The smallest absolute Gasteiger partial charge is 0.410 e. The van der Waals surface area contributed by atoms with E-state index < -0.39 is 17.8 Å². The fourth-order valence-corrected chi connectivity index (χ4v) is 1.09. The van der Waals surface area contributed by atoms with E-state index in [0.717, 1.165) is 0 Å². The Hall–Kier alpha value is -1.03. The third kappa shape index (κ3) is 3.38. The van der Waals surface area contributed by atoms with E-state index in [1.807, 2.05) is 0 Å². The first-order chi connectivity index (χ1) is 6.70. The molecule has 1 amide bonds. The summed E-state index contributed by atoms with van der Waals surface area (Å²) in [4.78, 5) is 12.9. The van der Waals surface area contributed by atoms with E-state index in [4.69, 9.17) is 6.11 Å². The number of nitrogens with zero attached hydrogens (tertiary/aromatic N) is 1. The van der Waals surface area contributed by atoms with Gasteiger partial charge in [0.25, 0.3) is 0 Å². The topological polar surface area (TPSA) is 49.8 Å². The lowest BCUT2D eigenvalue weighted by Gasteiger charge is -2.29. The summed E-state index contributed by atoms with van der Waals surface area (Å²) in [6.45, 7) is 5.64. The third-order valence-electron chi connectivity index (χ3n) is 1.64. The van der Waals surface area contributed by atoms with E-state index in [2.05, 4.69) is 0 Å². The molecule has 1 atom stereocenters. The molecule has 1 heterocycles. The van der Waals surface area contributed by atoms with Crippen LogP contribution in [0.4, 0.5) is 4.79 Å². The Labute approximate surface area is 85.6 Å². The number of carbonyl (C=O) groups is 1. The van der Waals surface area contributed by atoms with E-state index in [1.165, 1.54) is 11.0 Å². The van der Waals surface area contributed by atoms with Crippen LogP contribution in [-0.2, 0) is 4.74 Å². The van der Waals surface area contributed by atoms with Gasteiger partial charge in [0.2, 0.25) is 0 Å². The third-order valence-corrected chi connectivity index (χ3v) is 1.64. The van der Waals surface area contributed by atoms with Crippen LogP contribution in [0.15, 0.2) is 12.2 Å². The molecule has 1 N–H and O–H groups in total. The Morgan fingerprint density at radius 2 is 2.36 bits per heavy atom. The molecule has 1 rings (SSSR count). The first-order valence-electron chi connectivity index (χ1n) is 5.08. The largest absolute Gasteiger partial charge is 0.444 e. The van der Waals surface area contributed by atoms with E-state index in [9.17, 15) is 9.90 Å². The molecule has 14 heavy (non-hydrogen) atoms. The molecule has 0 fully saturated rings. The zero-order chi connectivity index (χ0) is 11.7. The number of ether oxygens (including phenoxy) is 1. The normalized spacial score (nSPS) is 28.6. The molecule has 0 aromatic carbocycles. The van der Waals surface area contributed by atoms with Crippen LogP contribution in [0.5, 0.6) is 0 Å². The van der Waals surface area contributed by atoms with Gasteiger partial charge in [0.1, 0.15) is 5.60 Å². The highest BCUT2D eigenvalue weighted by molar-refractivity contribution is 5.68. The highest BCUT2D eigenvalue weighted by atomic mass is 16.6. The van der Waals surface area contributed by atoms with Gasteiger partial charge in [-0.25, -0.2) is 4.79 Å². The molecule has 1 aliphatic heterocycles. The van der Waals surface area contributed by atoms with Crippen molar-refractivity contribution in [1.29, 1.82) is 0 Å². The first kappa shape index (κ1) is 9.52. The lowest BCUT2D eigenvalue weighted by molar-refractivity contribution is 0.0189. The molecule has 1 unspecified atom stereocenters. The molecule has 4 heteroatoms. The zero-order valence-corrected chi connectivity index (χ0v) is 8.78. The lowest BCUT2D eigenvalue weighted by Crippen LogP contribution is -2.42. The molecular formula is C10H17NO3. The number of aliphatic hydroxyl groups is 1. The summed E-state index contributed by atoms with van der Waals surface area (Å²) < 4.78 is 12.5. The van der Waals surface area contributed by atoms with Gasteiger partial charge in [-0.1, -0.05) is 12.2 Å². The standard InChI is InChI=1S/C10H17NO3/c1-10(2,3)14-9(13)11-6-4-5-8(12)7-11/h4-5,8,12H,6-7H2,1-3H3/i8D. The Balaban J connectivity index is 2.60. The maximum Gasteiger partial charge on any atom is 0.410 e. The minimum absolute atomic E-state index is 0.0571. The molecule has 0 radical (unpaired) electrons. The molecule has 0 spiro atoms. The van der Waals surface area contributed by atoms with Crippen LogP contribution in [-0.4, -0.2) is 40.9 Å². The average molecular weight is 200 g/mol. The number of rotatable bonds is 0. The second kappa shape index (κ2) is 4.00. The monoisotopic (exact) mass is 200 g/mol. The number of β-amino-alcohol motifs (C(OH)–C–C–N with tert-alkyl or cyclic N) is 1. The van der Waals surface area contributed by atoms with Gasteiger partial charge in [0.15, 0.2) is 0 Å². The highest BCUT2D eigenvalue weighted by Crippen LogP contribution is 2.11. The van der Waals surface area contributed by atoms with Gasteiger partial charge in [-0.05, 0) is 20.8 Å². The highest BCUT2D eigenvalue weighted by Gasteiger charge is 2.24. The second-order valence-corrected chi connectivity index (χ2v) is 4.25. The second-order valence-electron chi connectivity index (χ2n) is 4.25. The molecule has 0 saturated heterocycles. The molecule has 4 nitrogen and oxygen atoms in total. The quantitative estimate of drug-likeness (QED) is 0.597. The summed E-state index contributed by atoms with van der Waals surface area (Å²) in [5.74, 6) is 0. The van der Waals surface area contributed by atoms with Crippen molar-refractivity contribution >= 4 is 6.09 Å². The summed E-state index contributed by atoms with van der Waals surface area (Å²) in [7, 11) is 0. The Kier molecular flexibility index (Phi) is 2.72. The molecule has 1 aliphatic rings. The van der Waals surface area contributed by atoms with Crippen LogP contribution in [0.3, 0.4) is 0 Å². The lowest BCUT2D eigenvalue weighted by atomic mass is 10.2. The van der Waals surface area contributed by atoms with Gasteiger partial charge >= 0.3 is 6.09 Å². The molecule has 80 valence electrons. The van der Waals surface area contributed by atoms with Crippen LogP contribution in [0.2, 0.25) is 0 Å². The van der Waals surface area contributed by atoms with E-state index >= 15 is 0 Å². The van der Waals surface area contributed by atoms with Crippen LogP contribution in [0.1, 0.15) is 22.1 Å². The minimum atomic E-state index is -1.70. The van der Waals surface area contributed by atoms with Crippen molar-refractivity contribution in [3.8, 4) is 0 Å². The van der Waals surface area contributed by atoms with Crippen molar-refractivity contribution in [3.63, 3.8) is 0 Å². The molecule has 0 aliphatic carbocycles. The van der Waals surface area contributed by atoms with Gasteiger partial charge in [0.05, 0.1) is 14.0 Å². The summed E-state index contributed by atoms with van der Waals surface area (Å²) in [6.07, 6.45) is 0.751. The summed E-state index contributed by atoms with van der Waals surface area (Å²) in [6, 6.07) is 0. The number of amides is 1. The summed E-state index contributed by atoms with van der Waals surface area (Å²) >= 11 is 0. The Morgan fingerprint density at radius 1 is 1.71 bits per heavy atom. The SMILES string of the molecule is [2H]C1(O)C=CCN(C(=O)OC(C)(C)C)C1. The van der Waals surface area contributed by atoms with E-state index in [1.54, 1.807) is 26.8 Å². The van der Waals surface area contributed by atoms with Gasteiger partial charge in [-0.2, -0.15) is 0 Å². The predicted molar refractivity (Wildman–Crippen MR) is 53.0 cm³/mol. The van der Waals surface area contributed by atoms with Crippen molar-refractivity contribution < 1.29 is 16.0 Å². The van der Waals surface area contributed by atoms with Crippen LogP contribution < -0.4 is 0 Å². The molecular weight excluding hydrogens is 182 g/mol. The number of hydrogen-bond donors (Lipinski definition) is 1. The van der Waals surface area contributed by atoms with Gasteiger partial charge < -0.3 is 14.7 Å². The van der Waals surface area contributed by atoms with Crippen LogP contribution in [0, 0.1) is 0 Å². The van der Waals surface area contributed by atoms with Crippen molar-refractivity contribution in [2.24, 2.45) is 0 Å². The van der Waals surface area contributed by atoms with Gasteiger partial charge in [0, 0.05) is 6.54 Å². The fourth-order valence-electron chi connectivity index (χ4n) is 1.09. The van der Waals surface area contributed by atoms with Crippen LogP contribution in [0.25, 0.3) is 0 Å². The van der Waals surface area contributed by atoms with Crippen molar-refractivity contribution in [2.45, 2.75) is 32.5 Å². The fraction of sp³-hybridized carbons (Fsp3) is 0.700. The van der Waals surface area contributed by atoms with E-state index in [-0.39, 0.29) is 6.54 Å². The first-order valence-corrected chi connectivity index (χ1v) is 4.58. The Bertz CT molecular complexity index is 281. The van der Waals surface area contributed by atoms with Crippen molar-refractivity contribution in [1.82, 2.24) is 4.90 Å². The molecule has 0 saturated carbocycles. The maximum absolute atomic E-state index is 11.6. The summed E-state index contributed by atoms with van der Waals surface area (Å²) in [5.41, 5.74) is -0.557. The summed E-state index contributed by atoms with van der Waals surface area (Å²) in [5, 5.41) is 9.42. The van der Waals surface area contributed by atoms with Crippen molar-refractivity contribution in [2.75, 3.05) is 13.1 Å². The average Bonchev–Trinajstić information content (AvgIpc) is 1.99. The van der Waals surface area contributed by atoms with Crippen molar-refractivity contribution in [3.05, 3.63) is 12.2 Å². The van der Waals surface area contributed by atoms with E-state index in [0.29, 0.717) is 6.54 Å². The van der Waals surface area contributed by atoms with Crippen LogP contribution >= 0.6 is 0 Å². The maximum atomic E-state index is 11.6. The Morgan fingerprint density at radius 3 is 2.86 bits per heavy atom. The minimum Gasteiger partial charge on any atom is -0.444 e. The molecule has 0 bridgehead atoms. The molecule has 0 aromatic heterocycles. The van der Waals surface area contributed by atoms with Gasteiger partial charge in [-0.3, -0.25) is 0 Å². The number of carbonyl (C=O) groups excluding carboxylic acids is 1. The zero-order valence-electron chi connectivity index (χ0n) is 9.78.